The van der Waals surface area contributed by atoms with Crippen molar-refractivity contribution in [2.45, 2.75) is 44.6 Å². The number of pyridine rings is 1. The molecule has 2 fully saturated rings. The van der Waals surface area contributed by atoms with E-state index >= 15 is 0 Å². The number of para-hydroxylation sites is 1. The van der Waals surface area contributed by atoms with Crippen LogP contribution in [-0.4, -0.2) is 40.8 Å². The zero-order chi connectivity index (χ0) is 19.8. The molecular weight excluding hydrogens is 364 g/mol. The Labute approximate surface area is 170 Å². The predicted octanol–water partition coefficient (Wildman–Crippen LogP) is 3.97. The van der Waals surface area contributed by atoms with Gasteiger partial charge in [-0.1, -0.05) is 18.6 Å². The fraction of sp³-hybridized carbons (Fsp3) is 0.435. The summed E-state index contributed by atoms with van der Waals surface area (Å²) in [6, 6.07) is 11.4. The van der Waals surface area contributed by atoms with Crippen molar-refractivity contribution in [2.75, 3.05) is 23.3 Å². The SMILES string of the molecule is O=C1Nc2cccnc2N(C(=O)C[C@@H]2CCCN3CCCC[C@H]23)c2ccccc21. The molecule has 1 N–H and O–H groups in total. The highest BCUT2D eigenvalue weighted by Gasteiger charge is 2.37. The van der Waals surface area contributed by atoms with E-state index in [1.165, 1.54) is 19.3 Å². The van der Waals surface area contributed by atoms with Crippen LogP contribution in [-0.2, 0) is 4.79 Å². The number of nitrogens with zero attached hydrogens (tertiary/aromatic N) is 3. The van der Waals surface area contributed by atoms with Gasteiger partial charge in [0.2, 0.25) is 5.91 Å². The van der Waals surface area contributed by atoms with Gasteiger partial charge in [-0.2, -0.15) is 0 Å². The van der Waals surface area contributed by atoms with Crippen molar-refractivity contribution < 1.29 is 9.59 Å². The number of amides is 2. The van der Waals surface area contributed by atoms with Crippen molar-refractivity contribution in [1.29, 1.82) is 0 Å². The van der Waals surface area contributed by atoms with Gasteiger partial charge in [-0.3, -0.25) is 14.5 Å². The molecule has 150 valence electrons. The Morgan fingerprint density at radius 1 is 1.07 bits per heavy atom. The first kappa shape index (κ1) is 18.3. The summed E-state index contributed by atoms with van der Waals surface area (Å²) >= 11 is 0. The van der Waals surface area contributed by atoms with Gasteiger partial charge in [-0.15, -0.1) is 0 Å². The average molecular weight is 390 g/mol. The smallest absolute Gasteiger partial charge is 0.257 e. The van der Waals surface area contributed by atoms with E-state index in [0.717, 1.165) is 25.9 Å². The quantitative estimate of drug-likeness (QED) is 0.843. The van der Waals surface area contributed by atoms with Crippen LogP contribution in [0.5, 0.6) is 0 Å². The van der Waals surface area contributed by atoms with Gasteiger partial charge >= 0.3 is 0 Å². The first-order chi connectivity index (χ1) is 14.2. The number of piperidine rings is 2. The monoisotopic (exact) mass is 390 g/mol. The van der Waals surface area contributed by atoms with E-state index in [1.807, 2.05) is 18.2 Å². The van der Waals surface area contributed by atoms with Crippen LogP contribution in [0.2, 0.25) is 0 Å². The maximum absolute atomic E-state index is 13.7. The van der Waals surface area contributed by atoms with E-state index < -0.39 is 0 Å². The van der Waals surface area contributed by atoms with Gasteiger partial charge in [0, 0.05) is 18.7 Å². The third kappa shape index (κ3) is 3.31. The molecule has 3 aliphatic heterocycles. The number of rotatable bonds is 2. The third-order valence-electron chi connectivity index (χ3n) is 6.55. The van der Waals surface area contributed by atoms with Crippen LogP contribution < -0.4 is 10.2 Å². The third-order valence-corrected chi connectivity index (χ3v) is 6.55. The van der Waals surface area contributed by atoms with E-state index in [9.17, 15) is 9.59 Å². The lowest BCUT2D eigenvalue weighted by atomic mass is 9.81. The van der Waals surface area contributed by atoms with Crippen LogP contribution in [0.3, 0.4) is 0 Å². The Balaban J connectivity index is 1.50. The second-order valence-corrected chi connectivity index (χ2v) is 8.28. The molecule has 1 aromatic heterocycles. The fourth-order valence-electron chi connectivity index (χ4n) is 5.22. The van der Waals surface area contributed by atoms with E-state index in [-0.39, 0.29) is 11.8 Å². The summed E-state index contributed by atoms with van der Waals surface area (Å²) in [5.41, 5.74) is 1.69. The van der Waals surface area contributed by atoms with E-state index in [2.05, 4.69) is 15.2 Å². The van der Waals surface area contributed by atoms with Gasteiger partial charge in [0.15, 0.2) is 5.82 Å². The number of anilines is 3. The maximum Gasteiger partial charge on any atom is 0.257 e. The molecule has 0 saturated carbocycles. The summed E-state index contributed by atoms with van der Waals surface area (Å²) in [6.07, 6.45) is 8.10. The molecule has 29 heavy (non-hydrogen) atoms. The molecule has 4 heterocycles. The predicted molar refractivity (Wildman–Crippen MR) is 112 cm³/mol. The van der Waals surface area contributed by atoms with E-state index in [1.54, 1.807) is 29.3 Å². The van der Waals surface area contributed by atoms with Crippen LogP contribution in [0.1, 0.15) is 48.9 Å². The lowest BCUT2D eigenvalue weighted by molar-refractivity contribution is -0.120. The van der Waals surface area contributed by atoms with Gasteiger partial charge < -0.3 is 10.2 Å². The molecule has 5 rings (SSSR count). The molecule has 0 radical (unpaired) electrons. The van der Waals surface area contributed by atoms with Crippen molar-refractivity contribution in [3.8, 4) is 0 Å². The summed E-state index contributed by atoms with van der Waals surface area (Å²) < 4.78 is 0. The molecule has 0 aliphatic carbocycles. The molecule has 2 atom stereocenters. The number of hydrogen-bond acceptors (Lipinski definition) is 4. The highest BCUT2D eigenvalue weighted by molar-refractivity contribution is 6.17. The number of benzene rings is 1. The first-order valence-corrected chi connectivity index (χ1v) is 10.6. The zero-order valence-electron chi connectivity index (χ0n) is 16.5. The largest absolute Gasteiger partial charge is 0.319 e. The minimum Gasteiger partial charge on any atom is -0.319 e. The normalized spacial score (nSPS) is 24.0. The van der Waals surface area contributed by atoms with Gasteiger partial charge in [-0.25, -0.2) is 4.98 Å². The first-order valence-electron chi connectivity index (χ1n) is 10.6. The Bertz CT molecular complexity index is 942. The van der Waals surface area contributed by atoms with Crippen LogP contribution in [0.4, 0.5) is 17.2 Å². The minimum atomic E-state index is -0.207. The van der Waals surface area contributed by atoms with Crippen LogP contribution in [0.15, 0.2) is 42.6 Å². The number of carbonyl (C=O) groups is 2. The second-order valence-electron chi connectivity index (χ2n) is 8.28. The summed E-state index contributed by atoms with van der Waals surface area (Å²) in [5, 5.41) is 2.91. The topological polar surface area (TPSA) is 65.5 Å². The van der Waals surface area contributed by atoms with Crippen molar-refractivity contribution in [3.05, 3.63) is 48.2 Å². The van der Waals surface area contributed by atoms with Crippen LogP contribution in [0, 0.1) is 5.92 Å². The molecule has 2 aromatic rings. The van der Waals surface area contributed by atoms with E-state index in [4.69, 9.17) is 0 Å². The number of nitrogens with one attached hydrogen (secondary N) is 1. The Morgan fingerprint density at radius 3 is 2.86 bits per heavy atom. The molecule has 1 aromatic carbocycles. The molecule has 6 nitrogen and oxygen atoms in total. The highest BCUT2D eigenvalue weighted by atomic mass is 16.2. The molecule has 0 spiro atoms. The second kappa shape index (κ2) is 7.59. The zero-order valence-corrected chi connectivity index (χ0v) is 16.5. The van der Waals surface area contributed by atoms with Crippen molar-refractivity contribution in [2.24, 2.45) is 5.92 Å². The molecule has 0 bridgehead atoms. The summed E-state index contributed by atoms with van der Waals surface area (Å²) in [6.45, 7) is 2.31. The Kier molecular flexibility index (Phi) is 4.79. The molecule has 3 aliphatic rings. The Hall–Kier alpha value is -2.73. The molecule has 6 heteroatoms. The molecule has 2 amide bonds. The summed E-state index contributed by atoms with van der Waals surface area (Å²) in [7, 11) is 0. The lowest BCUT2D eigenvalue weighted by Crippen LogP contribution is -2.49. The maximum atomic E-state index is 13.7. The van der Waals surface area contributed by atoms with Gasteiger partial charge in [-0.05, 0) is 69.0 Å². The number of fused-ring (bicyclic) bond motifs is 3. The summed E-state index contributed by atoms with van der Waals surface area (Å²) in [4.78, 5) is 35.1. The van der Waals surface area contributed by atoms with E-state index in [0.29, 0.717) is 41.1 Å². The molecular formula is C23H26N4O2. The van der Waals surface area contributed by atoms with Gasteiger partial charge in [0.1, 0.15) is 0 Å². The van der Waals surface area contributed by atoms with Crippen molar-refractivity contribution >= 4 is 29.0 Å². The number of aromatic nitrogens is 1. The molecule has 0 unspecified atom stereocenters. The van der Waals surface area contributed by atoms with Crippen molar-refractivity contribution in [3.63, 3.8) is 0 Å². The number of hydrogen-bond donors (Lipinski definition) is 1. The lowest BCUT2D eigenvalue weighted by Gasteiger charge is -2.44. The Morgan fingerprint density at radius 2 is 1.93 bits per heavy atom. The van der Waals surface area contributed by atoms with Crippen LogP contribution >= 0.6 is 0 Å². The van der Waals surface area contributed by atoms with Crippen molar-refractivity contribution in [1.82, 2.24) is 9.88 Å². The standard InChI is InChI=1S/C23H26N4O2/c28-21(15-16-7-6-14-26-13-4-3-10-19(16)26)27-20-11-2-1-8-17(20)23(29)25-18-9-5-12-24-22(18)27/h1-2,5,8-9,11-12,16,19H,3-4,6-7,10,13-15H2,(H,25,29)/t16-,19+/m0/s1. The fourth-order valence-corrected chi connectivity index (χ4v) is 5.22. The summed E-state index contributed by atoms with van der Waals surface area (Å²) in [5.74, 6) is 0.683. The number of carbonyl (C=O) groups excluding carboxylic acids is 2. The minimum absolute atomic E-state index is 0.0197. The van der Waals surface area contributed by atoms with Gasteiger partial charge in [0.25, 0.3) is 5.91 Å². The highest BCUT2D eigenvalue weighted by Crippen LogP contribution is 2.39. The average Bonchev–Trinajstić information content (AvgIpc) is 2.88. The van der Waals surface area contributed by atoms with Crippen LogP contribution in [0.25, 0.3) is 0 Å². The van der Waals surface area contributed by atoms with Gasteiger partial charge in [0.05, 0.1) is 16.9 Å². The molecule has 2 saturated heterocycles.